The Morgan fingerprint density at radius 1 is 1.11 bits per heavy atom. The third kappa shape index (κ3) is 5.93. The maximum atomic E-state index is 12.8. The first-order valence-corrected chi connectivity index (χ1v) is 10.9. The molecule has 0 spiro atoms. The summed E-state index contributed by atoms with van der Waals surface area (Å²) in [6.45, 7) is 5.60. The van der Waals surface area contributed by atoms with Gasteiger partial charge in [0.05, 0.1) is 12.2 Å². The normalized spacial score (nSPS) is 19.3. The summed E-state index contributed by atoms with van der Waals surface area (Å²) in [7, 11) is 0. The van der Waals surface area contributed by atoms with E-state index in [0.29, 0.717) is 12.5 Å². The van der Waals surface area contributed by atoms with Gasteiger partial charge in [0.15, 0.2) is 0 Å². The largest absolute Gasteiger partial charge is 0.462 e. The molecule has 0 saturated heterocycles. The van der Waals surface area contributed by atoms with E-state index in [1.165, 1.54) is 43.2 Å². The van der Waals surface area contributed by atoms with Crippen molar-refractivity contribution in [3.05, 3.63) is 47.0 Å². The first-order valence-electron chi connectivity index (χ1n) is 10.9. The molecule has 3 heteroatoms. The van der Waals surface area contributed by atoms with Gasteiger partial charge in [-0.3, -0.25) is 4.90 Å². The van der Waals surface area contributed by atoms with E-state index in [2.05, 4.69) is 36.1 Å². The summed E-state index contributed by atoms with van der Waals surface area (Å²) in [6.07, 6.45) is 10.6. The monoisotopic (exact) mass is 369 g/mol. The lowest BCUT2D eigenvalue weighted by atomic mass is 9.79. The molecule has 0 N–H and O–H groups in total. The molecule has 3 nitrogen and oxygen atoms in total. The van der Waals surface area contributed by atoms with Crippen molar-refractivity contribution >= 4 is 5.97 Å². The van der Waals surface area contributed by atoms with E-state index in [0.717, 1.165) is 50.9 Å². The highest BCUT2D eigenvalue weighted by Crippen LogP contribution is 2.35. The Labute approximate surface area is 164 Å². The molecule has 1 saturated carbocycles. The lowest BCUT2D eigenvalue weighted by molar-refractivity contribution is -0.139. The molecule has 0 bridgehead atoms. The Morgan fingerprint density at radius 3 is 2.63 bits per heavy atom. The van der Waals surface area contributed by atoms with Crippen LogP contribution >= 0.6 is 0 Å². The van der Waals surface area contributed by atoms with Gasteiger partial charge in [0, 0.05) is 13.1 Å². The van der Waals surface area contributed by atoms with Crippen molar-refractivity contribution in [1.29, 1.82) is 0 Å². The maximum absolute atomic E-state index is 12.8. The maximum Gasteiger partial charge on any atom is 0.335 e. The smallest absolute Gasteiger partial charge is 0.335 e. The highest BCUT2D eigenvalue weighted by Gasteiger charge is 2.29. The molecule has 2 aliphatic rings. The highest BCUT2D eigenvalue weighted by molar-refractivity contribution is 5.90. The zero-order valence-electron chi connectivity index (χ0n) is 16.9. The first-order chi connectivity index (χ1) is 13.3. The number of carbonyl (C=O) groups is 1. The third-order valence-electron chi connectivity index (χ3n) is 6.19. The van der Waals surface area contributed by atoms with Gasteiger partial charge in [0.2, 0.25) is 0 Å². The molecule has 1 fully saturated rings. The highest BCUT2D eigenvalue weighted by atomic mass is 16.5. The van der Waals surface area contributed by atoms with E-state index < -0.39 is 0 Å². The quantitative estimate of drug-likeness (QED) is 0.468. The Bertz CT molecular complexity index is 617. The summed E-state index contributed by atoms with van der Waals surface area (Å²) in [5, 5.41) is 0. The van der Waals surface area contributed by atoms with Crippen molar-refractivity contribution in [2.24, 2.45) is 5.92 Å². The van der Waals surface area contributed by atoms with Gasteiger partial charge in [-0.2, -0.15) is 0 Å². The fraction of sp³-hybridized carbons (Fsp3) is 0.625. The van der Waals surface area contributed by atoms with Gasteiger partial charge in [0.1, 0.15) is 0 Å². The molecular formula is C24H35NO2. The van der Waals surface area contributed by atoms with Crippen molar-refractivity contribution in [2.45, 2.75) is 64.7 Å². The zero-order chi connectivity index (χ0) is 18.9. The first kappa shape index (κ1) is 20.1. The predicted octanol–water partition coefficient (Wildman–Crippen LogP) is 5.16. The minimum atomic E-state index is -0.0477. The number of unbranched alkanes of at least 4 members (excludes halogenated alkanes) is 1. The average molecular weight is 370 g/mol. The van der Waals surface area contributed by atoms with Gasteiger partial charge in [0.25, 0.3) is 0 Å². The van der Waals surface area contributed by atoms with Crippen LogP contribution in [0.3, 0.4) is 0 Å². The fourth-order valence-electron chi connectivity index (χ4n) is 4.53. The number of nitrogens with zero attached hydrogens (tertiary/aromatic N) is 1. The summed E-state index contributed by atoms with van der Waals surface area (Å²) < 4.78 is 5.71. The minimum Gasteiger partial charge on any atom is -0.462 e. The lowest BCUT2D eigenvalue weighted by Crippen LogP contribution is -2.36. The Balaban J connectivity index is 1.52. The predicted molar refractivity (Wildman–Crippen MR) is 111 cm³/mol. The van der Waals surface area contributed by atoms with Crippen molar-refractivity contribution < 1.29 is 9.53 Å². The molecule has 3 rings (SSSR count). The van der Waals surface area contributed by atoms with Crippen LogP contribution in [0.1, 0.15) is 63.9 Å². The number of hydrogen-bond acceptors (Lipinski definition) is 3. The van der Waals surface area contributed by atoms with Gasteiger partial charge in [-0.25, -0.2) is 4.79 Å². The van der Waals surface area contributed by atoms with Gasteiger partial charge in [-0.1, -0.05) is 62.1 Å². The van der Waals surface area contributed by atoms with Crippen LogP contribution in [-0.4, -0.2) is 37.1 Å². The molecule has 0 unspecified atom stereocenters. The van der Waals surface area contributed by atoms with Gasteiger partial charge < -0.3 is 4.74 Å². The second-order valence-corrected chi connectivity index (χ2v) is 8.04. The molecule has 1 aromatic rings. The molecule has 0 amide bonds. The molecule has 1 aliphatic heterocycles. The van der Waals surface area contributed by atoms with E-state index in [1.54, 1.807) is 0 Å². The number of carbonyl (C=O) groups excluding carboxylic acids is 1. The van der Waals surface area contributed by atoms with Crippen molar-refractivity contribution in [2.75, 3.05) is 26.2 Å². The van der Waals surface area contributed by atoms with Gasteiger partial charge >= 0.3 is 5.97 Å². The number of likely N-dealkylation sites (N-methyl/N-ethyl adjacent to an activating group) is 1. The summed E-state index contributed by atoms with van der Waals surface area (Å²) in [6, 6.07) is 10.5. The molecule has 1 aromatic carbocycles. The van der Waals surface area contributed by atoms with Crippen LogP contribution in [0.25, 0.3) is 0 Å². The number of ether oxygens (including phenoxy) is 1. The summed E-state index contributed by atoms with van der Waals surface area (Å²) in [5.41, 5.74) is 3.77. The van der Waals surface area contributed by atoms with Crippen molar-refractivity contribution in [3.8, 4) is 0 Å². The fourth-order valence-corrected chi connectivity index (χ4v) is 4.53. The van der Waals surface area contributed by atoms with E-state index in [-0.39, 0.29) is 5.97 Å². The van der Waals surface area contributed by atoms with Gasteiger partial charge in [-0.05, 0) is 56.6 Å². The van der Waals surface area contributed by atoms with E-state index >= 15 is 0 Å². The number of benzene rings is 1. The summed E-state index contributed by atoms with van der Waals surface area (Å²) in [4.78, 5) is 15.2. The van der Waals surface area contributed by atoms with Crippen molar-refractivity contribution in [3.63, 3.8) is 0 Å². The van der Waals surface area contributed by atoms with Crippen LogP contribution in [0.15, 0.2) is 41.5 Å². The topological polar surface area (TPSA) is 29.5 Å². The van der Waals surface area contributed by atoms with E-state index in [4.69, 9.17) is 4.74 Å². The second-order valence-electron chi connectivity index (χ2n) is 8.04. The lowest BCUT2D eigenvalue weighted by Gasteiger charge is -2.34. The molecular weight excluding hydrogens is 334 g/mol. The molecule has 0 radical (unpaired) electrons. The Kier molecular flexibility index (Phi) is 7.94. The van der Waals surface area contributed by atoms with Crippen LogP contribution in [0, 0.1) is 5.92 Å². The van der Waals surface area contributed by atoms with Gasteiger partial charge in [-0.15, -0.1) is 0 Å². The van der Waals surface area contributed by atoms with Crippen LogP contribution in [0.5, 0.6) is 0 Å². The molecule has 1 aliphatic carbocycles. The molecule has 0 aromatic heterocycles. The molecule has 0 atom stereocenters. The van der Waals surface area contributed by atoms with Crippen LogP contribution in [0.2, 0.25) is 0 Å². The Hall–Kier alpha value is -1.61. The zero-order valence-corrected chi connectivity index (χ0v) is 16.9. The minimum absolute atomic E-state index is 0.0477. The van der Waals surface area contributed by atoms with E-state index in [1.807, 2.05) is 6.07 Å². The standard InChI is InChI=1S/C24H35NO2/c1-2-25-17-16-22(21-14-7-4-8-15-21)23(19-25)24(26)27-18-10-9-13-20-11-5-3-6-12-20/h3,5-6,11-12,21H,2,4,7-10,13-19H2,1H3. The van der Waals surface area contributed by atoms with Crippen LogP contribution in [0.4, 0.5) is 0 Å². The number of hydrogen-bond donors (Lipinski definition) is 0. The second kappa shape index (κ2) is 10.7. The SMILES string of the molecule is CCN1CCC(C2CCCCC2)=C(C(=O)OCCCCc2ccccc2)C1. The number of esters is 1. The number of rotatable bonds is 8. The van der Waals surface area contributed by atoms with E-state index in [9.17, 15) is 4.79 Å². The summed E-state index contributed by atoms with van der Waals surface area (Å²) >= 11 is 0. The third-order valence-corrected chi connectivity index (χ3v) is 6.19. The number of aryl methyl sites for hydroxylation is 1. The molecule has 27 heavy (non-hydrogen) atoms. The summed E-state index contributed by atoms with van der Waals surface area (Å²) in [5.74, 6) is 0.576. The van der Waals surface area contributed by atoms with Crippen LogP contribution in [-0.2, 0) is 16.0 Å². The Morgan fingerprint density at radius 2 is 1.89 bits per heavy atom. The molecule has 148 valence electrons. The van der Waals surface area contributed by atoms with Crippen molar-refractivity contribution in [1.82, 2.24) is 4.90 Å². The molecule has 1 heterocycles. The average Bonchev–Trinajstić information content (AvgIpc) is 2.74. The van der Waals surface area contributed by atoms with Crippen LogP contribution < -0.4 is 0 Å².